The molecule has 0 saturated heterocycles. The molecule has 106 valence electrons. The van der Waals surface area contributed by atoms with Crippen molar-refractivity contribution in [1.82, 2.24) is 0 Å². The topological polar surface area (TPSA) is 0 Å². The Morgan fingerprint density at radius 3 is 2.48 bits per heavy atom. The van der Waals surface area contributed by atoms with Crippen molar-refractivity contribution < 1.29 is 0 Å². The Morgan fingerprint density at radius 1 is 0.905 bits per heavy atom. The zero-order valence-electron chi connectivity index (χ0n) is 12.5. The van der Waals surface area contributed by atoms with Crippen molar-refractivity contribution in [2.45, 2.75) is 44.4 Å². The third kappa shape index (κ3) is 2.55. The summed E-state index contributed by atoms with van der Waals surface area (Å²) in [7, 11) is 0. The maximum Gasteiger partial charge on any atom is 0.00305 e. The van der Waals surface area contributed by atoms with Gasteiger partial charge in [0.2, 0.25) is 0 Å². The number of rotatable bonds is 3. The number of hydrogen-bond donors (Lipinski definition) is 0. The van der Waals surface area contributed by atoms with Gasteiger partial charge in [0.25, 0.3) is 0 Å². The maximum atomic E-state index is 2.51. The lowest BCUT2D eigenvalue weighted by atomic mass is 9.86. The average Bonchev–Trinajstić information content (AvgIpc) is 2.94. The van der Waals surface area contributed by atoms with Gasteiger partial charge >= 0.3 is 0 Å². The van der Waals surface area contributed by atoms with Gasteiger partial charge in [-0.05, 0) is 66.3 Å². The molecule has 0 nitrogen and oxygen atoms in total. The number of allylic oxidation sites excluding steroid dienone is 1. The van der Waals surface area contributed by atoms with Crippen molar-refractivity contribution in [3.63, 3.8) is 0 Å². The van der Waals surface area contributed by atoms with Crippen molar-refractivity contribution in [3.05, 3.63) is 76.4 Å². The molecule has 0 saturated carbocycles. The van der Waals surface area contributed by atoms with E-state index >= 15 is 0 Å². The second-order valence-electron chi connectivity index (χ2n) is 6.45. The highest BCUT2D eigenvalue weighted by atomic mass is 14.2. The number of fused-ring (bicyclic) bond motifs is 2. The molecule has 2 aliphatic rings. The fourth-order valence-corrected chi connectivity index (χ4v) is 3.83. The van der Waals surface area contributed by atoms with Crippen LogP contribution in [0.1, 0.15) is 53.0 Å². The molecule has 0 spiro atoms. The second-order valence-corrected chi connectivity index (χ2v) is 6.45. The third-order valence-corrected chi connectivity index (χ3v) is 5.04. The lowest BCUT2D eigenvalue weighted by molar-refractivity contribution is 0.680. The van der Waals surface area contributed by atoms with Gasteiger partial charge in [-0.25, -0.2) is 0 Å². The summed E-state index contributed by atoms with van der Waals surface area (Å²) in [5, 5.41) is 0. The lowest BCUT2D eigenvalue weighted by Crippen LogP contribution is -2.05. The Hall–Kier alpha value is -1.82. The molecule has 21 heavy (non-hydrogen) atoms. The van der Waals surface area contributed by atoms with E-state index in [1.54, 1.807) is 16.7 Å². The second kappa shape index (κ2) is 5.52. The number of hydrogen-bond acceptors (Lipinski definition) is 0. The Morgan fingerprint density at radius 2 is 1.67 bits per heavy atom. The molecule has 0 heterocycles. The van der Waals surface area contributed by atoms with E-state index in [-0.39, 0.29) is 0 Å². The zero-order chi connectivity index (χ0) is 14.1. The van der Waals surface area contributed by atoms with Crippen molar-refractivity contribution >= 4 is 6.08 Å². The normalized spacial score (nSPS) is 19.3. The van der Waals surface area contributed by atoms with Gasteiger partial charge in [-0.2, -0.15) is 0 Å². The van der Waals surface area contributed by atoms with Crippen LogP contribution in [0.25, 0.3) is 6.08 Å². The van der Waals surface area contributed by atoms with Gasteiger partial charge in [0.1, 0.15) is 0 Å². The van der Waals surface area contributed by atoms with E-state index in [2.05, 4.69) is 54.6 Å². The first-order valence-electron chi connectivity index (χ1n) is 8.28. The fourth-order valence-electron chi connectivity index (χ4n) is 3.83. The first-order valence-corrected chi connectivity index (χ1v) is 8.28. The van der Waals surface area contributed by atoms with Crippen molar-refractivity contribution in [1.29, 1.82) is 0 Å². The van der Waals surface area contributed by atoms with Crippen LogP contribution in [0, 0.1) is 0 Å². The molecule has 2 aliphatic carbocycles. The van der Waals surface area contributed by atoms with E-state index in [1.807, 2.05) is 0 Å². The van der Waals surface area contributed by atoms with Gasteiger partial charge in [-0.1, -0.05) is 54.6 Å². The highest BCUT2D eigenvalue weighted by Crippen LogP contribution is 2.37. The molecule has 0 radical (unpaired) electrons. The van der Waals surface area contributed by atoms with E-state index in [0.29, 0.717) is 5.92 Å². The summed E-state index contributed by atoms with van der Waals surface area (Å²) in [6, 6.07) is 15.8. The fraction of sp³-hybridized carbons (Fsp3) is 0.333. The van der Waals surface area contributed by atoms with E-state index in [9.17, 15) is 0 Å². The Bertz CT molecular complexity index is 664. The van der Waals surface area contributed by atoms with E-state index in [4.69, 9.17) is 0 Å². The first-order chi connectivity index (χ1) is 10.4. The summed E-state index contributed by atoms with van der Waals surface area (Å²) >= 11 is 0. The molecule has 2 aromatic carbocycles. The summed E-state index contributed by atoms with van der Waals surface area (Å²) < 4.78 is 0. The summed E-state index contributed by atoms with van der Waals surface area (Å²) in [6.07, 6.45) is 12.5. The molecule has 1 unspecified atom stereocenters. The van der Waals surface area contributed by atoms with E-state index in [1.165, 1.54) is 49.7 Å². The molecule has 4 rings (SSSR count). The molecular weight excluding hydrogens is 252 g/mol. The van der Waals surface area contributed by atoms with Crippen molar-refractivity contribution in [2.24, 2.45) is 0 Å². The van der Waals surface area contributed by atoms with Crippen LogP contribution in [0.3, 0.4) is 0 Å². The molecule has 0 aliphatic heterocycles. The van der Waals surface area contributed by atoms with Crippen LogP contribution in [0.2, 0.25) is 0 Å². The quantitative estimate of drug-likeness (QED) is 0.711. The minimum atomic E-state index is 0.618. The zero-order valence-corrected chi connectivity index (χ0v) is 12.5. The first kappa shape index (κ1) is 12.9. The van der Waals surface area contributed by atoms with E-state index in [0.717, 1.165) is 0 Å². The van der Waals surface area contributed by atoms with Gasteiger partial charge in [0, 0.05) is 5.92 Å². The Balaban J connectivity index is 1.54. The number of benzene rings is 2. The monoisotopic (exact) mass is 274 g/mol. The summed E-state index contributed by atoms with van der Waals surface area (Å²) in [4.78, 5) is 0. The molecule has 0 bridgehead atoms. The molecule has 0 amide bonds. The predicted molar refractivity (Wildman–Crippen MR) is 89.6 cm³/mol. The number of aryl methyl sites for hydroxylation is 3. The van der Waals surface area contributed by atoms with Crippen LogP contribution >= 0.6 is 0 Å². The van der Waals surface area contributed by atoms with Gasteiger partial charge in [-0.15, -0.1) is 0 Å². The molecule has 1 atom stereocenters. The average molecular weight is 274 g/mol. The molecule has 0 N–H and O–H groups in total. The van der Waals surface area contributed by atoms with Gasteiger partial charge in [0.15, 0.2) is 0 Å². The standard InChI is InChI=1S/C21H22/c1-2-6-16(7-3-1)10-11-17-12-13-20-14-18-8-4-5-9-19(18)15-21(17)20/h1-3,6-7,12-15,17H,4-5,8-11H2. The van der Waals surface area contributed by atoms with E-state index < -0.39 is 0 Å². The van der Waals surface area contributed by atoms with Crippen molar-refractivity contribution in [3.8, 4) is 0 Å². The largest absolute Gasteiger partial charge is 0.0764 e. The molecule has 2 aromatic rings. The Kier molecular flexibility index (Phi) is 3.39. The molecule has 0 aromatic heterocycles. The van der Waals surface area contributed by atoms with Gasteiger partial charge in [0.05, 0.1) is 0 Å². The van der Waals surface area contributed by atoms with Gasteiger partial charge < -0.3 is 0 Å². The highest BCUT2D eigenvalue weighted by Gasteiger charge is 2.20. The SMILES string of the molecule is C1=CC(CCc2ccccc2)c2cc3c(cc21)CCCC3. The highest BCUT2D eigenvalue weighted by molar-refractivity contribution is 5.64. The van der Waals surface area contributed by atoms with Crippen LogP contribution in [0.15, 0.2) is 48.5 Å². The van der Waals surface area contributed by atoms with Crippen LogP contribution < -0.4 is 0 Å². The van der Waals surface area contributed by atoms with Crippen LogP contribution in [-0.2, 0) is 19.3 Å². The molecule has 0 fully saturated rings. The summed E-state index contributed by atoms with van der Waals surface area (Å²) in [5.74, 6) is 0.618. The summed E-state index contributed by atoms with van der Waals surface area (Å²) in [5.41, 5.74) is 7.74. The Labute approximate surface area is 127 Å². The van der Waals surface area contributed by atoms with Crippen LogP contribution in [-0.4, -0.2) is 0 Å². The smallest absolute Gasteiger partial charge is 0.00305 e. The molecule has 0 heteroatoms. The van der Waals surface area contributed by atoms with Crippen LogP contribution in [0.4, 0.5) is 0 Å². The molecular formula is C21H22. The van der Waals surface area contributed by atoms with Crippen molar-refractivity contribution in [2.75, 3.05) is 0 Å². The minimum absolute atomic E-state index is 0.618. The summed E-state index contributed by atoms with van der Waals surface area (Å²) in [6.45, 7) is 0. The minimum Gasteiger partial charge on any atom is -0.0764 e. The lowest BCUT2D eigenvalue weighted by Gasteiger charge is -2.19. The maximum absolute atomic E-state index is 2.51. The third-order valence-electron chi connectivity index (χ3n) is 5.04. The van der Waals surface area contributed by atoms with Gasteiger partial charge in [-0.3, -0.25) is 0 Å². The van der Waals surface area contributed by atoms with Crippen LogP contribution in [0.5, 0.6) is 0 Å². The predicted octanol–water partition coefficient (Wildman–Crippen LogP) is 5.31.